The van der Waals surface area contributed by atoms with Gasteiger partial charge in [-0.2, -0.15) is 5.10 Å². The number of hydrogen-bond donors (Lipinski definition) is 1. The number of ether oxygens (including phenoxy) is 1. The summed E-state index contributed by atoms with van der Waals surface area (Å²) in [7, 11) is -3.16. The van der Waals surface area contributed by atoms with Crippen molar-refractivity contribution >= 4 is 18.9 Å². The van der Waals surface area contributed by atoms with Crippen molar-refractivity contribution in [3.8, 4) is 0 Å². The van der Waals surface area contributed by atoms with Crippen LogP contribution in [0.15, 0.2) is 18.5 Å². The van der Waals surface area contributed by atoms with E-state index in [0.29, 0.717) is 32.1 Å². The minimum absolute atomic E-state index is 0.0604. The van der Waals surface area contributed by atoms with Crippen LogP contribution in [0.25, 0.3) is 5.52 Å². The lowest BCUT2D eigenvalue weighted by Crippen LogP contribution is -2.08. The maximum Gasteiger partial charge on any atom is 0.356 e. The van der Waals surface area contributed by atoms with Crippen LogP contribution in [0, 0.1) is 0 Å². The Labute approximate surface area is 129 Å². The first-order valence-corrected chi connectivity index (χ1v) is 8.85. The third-order valence-electron chi connectivity index (χ3n) is 2.96. The predicted molar refractivity (Wildman–Crippen MR) is 82.8 cm³/mol. The molecule has 0 spiro atoms. The highest BCUT2D eigenvalue weighted by Gasteiger charge is 2.23. The Kier molecular flexibility index (Phi) is 5.90. The van der Waals surface area contributed by atoms with Crippen LogP contribution in [-0.4, -0.2) is 40.8 Å². The van der Waals surface area contributed by atoms with Gasteiger partial charge in [0.25, 0.3) is 0 Å². The van der Waals surface area contributed by atoms with E-state index in [1.165, 1.54) is 6.33 Å². The highest BCUT2D eigenvalue weighted by atomic mass is 31.2. The van der Waals surface area contributed by atoms with E-state index in [1.54, 1.807) is 18.4 Å². The fraction of sp³-hybridized carbons (Fsp3) is 0.538. The van der Waals surface area contributed by atoms with Crippen LogP contribution in [-0.2, 0) is 24.8 Å². The van der Waals surface area contributed by atoms with Crippen molar-refractivity contribution in [3.63, 3.8) is 0 Å². The lowest BCUT2D eigenvalue weighted by molar-refractivity contribution is 0.133. The number of aromatic nitrogens is 3. The molecule has 2 N–H and O–H groups in total. The number of rotatable bonds is 9. The molecular weight excluding hydrogens is 307 g/mol. The summed E-state index contributed by atoms with van der Waals surface area (Å²) in [6.45, 7) is 4.55. The quantitative estimate of drug-likeness (QED) is 0.555. The molecule has 0 fully saturated rings. The molecule has 0 unspecified atom stereocenters. The standard InChI is InChI=1S/C13H21N4O4P/c1-3-20-22(18,21-4-2)10-19-8-7-11-5-6-12-13(14)15-9-16-17(11)12/h5-6,9H,3-4,7-8,10H2,1-2H3,(H2,14,15,16). The summed E-state index contributed by atoms with van der Waals surface area (Å²) in [6, 6.07) is 3.77. The summed E-state index contributed by atoms with van der Waals surface area (Å²) in [6.07, 6.45) is 1.95. The molecule has 2 aromatic heterocycles. The first-order chi connectivity index (χ1) is 10.6. The molecule has 22 heavy (non-hydrogen) atoms. The molecule has 122 valence electrons. The van der Waals surface area contributed by atoms with Gasteiger partial charge in [-0.05, 0) is 26.0 Å². The van der Waals surface area contributed by atoms with Crippen molar-refractivity contribution in [2.75, 3.05) is 31.9 Å². The van der Waals surface area contributed by atoms with Crippen molar-refractivity contribution < 1.29 is 18.3 Å². The van der Waals surface area contributed by atoms with Crippen molar-refractivity contribution in [1.82, 2.24) is 14.6 Å². The van der Waals surface area contributed by atoms with E-state index in [0.717, 1.165) is 11.2 Å². The van der Waals surface area contributed by atoms with Gasteiger partial charge < -0.3 is 19.5 Å². The minimum Gasteiger partial charge on any atom is -0.382 e. The van der Waals surface area contributed by atoms with Gasteiger partial charge in [0, 0.05) is 12.1 Å². The molecule has 9 heteroatoms. The first kappa shape index (κ1) is 16.9. The Bertz CT molecular complexity index is 651. The summed E-state index contributed by atoms with van der Waals surface area (Å²) in [5.74, 6) is 0.430. The third kappa shape index (κ3) is 4.04. The zero-order valence-corrected chi connectivity index (χ0v) is 13.7. The lowest BCUT2D eigenvalue weighted by atomic mass is 10.3. The molecule has 0 aromatic carbocycles. The van der Waals surface area contributed by atoms with Crippen LogP contribution in [0.2, 0.25) is 0 Å². The van der Waals surface area contributed by atoms with Gasteiger partial charge in [-0.1, -0.05) is 0 Å². The Balaban J connectivity index is 1.90. The van der Waals surface area contributed by atoms with Crippen LogP contribution < -0.4 is 5.73 Å². The smallest absolute Gasteiger partial charge is 0.356 e. The molecular formula is C13H21N4O4P. The number of hydrogen-bond acceptors (Lipinski definition) is 7. The Morgan fingerprint density at radius 3 is 2.68 bits per heavy atom. The second kappa shape index (κ2) is 7.69. The number of fused-ring (bicyclic) bond motifs is 1. The second-order valence-electron chi connectivity index (χ2n) is 4.50. The SMILES string of the molecule is CCOP(=O)(COCCc1ccc2c(N)ncnn12)OCC. The summed E-state index contributed by atoms with van der Waals surface area (Å²) in [5.41, 5.74) is 7.47. The van der Waals surface area contributed by atoms with Gasteiger partial charge in [0.1, 0.15) is 18.2 Å². The average molecular weight is 328 g/mol. The van der Waals surface area contributed by atoms with E-state index in [-0.39, 0.29) is 6.35 Å². The predicted octanol–water partition coefficient (Wildman–Crippen LogP) is 2.09. The van der Waals surface area contributed by atoms with E-state index in [2.05, 4.69) is 10.1 Å². The molecule has 0 amide bonds. The molecule has 0 aliphatic carbocycles. The molecule has 0 saturated heterocycles. The molecule has 0 aliphatic rings. The zero-order chi connectivity index (χ0) is 16.0. The average Bonchev–Trinajstić information content (AvgIpc) is 2.89. The number of nitrogen functional groups attached to an aromatic ring is 1. The van der Waals surface area contributed by atoms with E-state index < -0.39 is 7.60 Å². The normalized spacial score (nSPS) is 12.1. The molecule has 2 rings (SSSR count). The van der Waals surface area contributed by atoms with E-state index in [9.17, 15) is 4.57 Å². The first-order valence-electron chi connectivity index (χ1n) is 7.12. The van der Waals surface area contributed by atoms with Gasteiger partial charge in [0.05, 0.1) is 19.8 Å². The fourth-order valence-electron chi connectivity index (χ4n) is 2.05. The Morgan fingerprint density at radius 2 is 2.00 bits per heavy atom. The monoisotopic (exact) mass is 328 g/mol. The van der Waals surface area contributed by atoms with Crippen LogP contribution in [0.1, 0.15) is 19.5 Å². The highest BCUT2D eigenvalue weighted by Crippen LogP contribution is 2.47. The van der Waals surface area contributed by atoms with Crippen molar-refractivity contribution in [2.24, 2.45) is 0 Å². The molecule has 0 atom stereocenters. The highest BCUT2D eigenvalue weighted by molar-refractivity contribution is 7.53. The molecule has 2 aromatic rings. The number of anilines is 1. The fourth-order valence-corrected chi connectivity index (χ4v) is 3.42. The molecule has 0 radical (unpaired) electrons. The van der Waals surface area contributed by atoms with Gasteiger partial charge in [0.2, 0.25) is 0 Å². The summed E-state index contributed by atoms with van der Waals surface area (Å²) in [5, 5.41) is 4.15. The summed E-state index contributed by atoms with van der Waals surface area (Å²) >= 11 is 0. The maximum atomic E-state index is 12.2. The molecule has 0 aliphatic heterocycles. The molecule has 0 saturated carbocycles. The second-order valence-corrected chi connectivity index (χ2v) is 6.50. The maximum absolute atomic E-state index is 12.2. The molecule has 8 nitrogen and oxygen atoms in total. The van der Waals surface area contributed by atoms with Gasteiger partial charge in [0.15, 0.2) is 5.82 Å². The van der Waals surface area contributed by atoms with Crippen molar-refractivity contribution in [2.45, 2.75) is 20.3 Å². The van der Waals surface area contributed by atoms with E-state index >= 15 is 0 Å². The lowest BCUT2D eigenvalue weighted by Gasteiger charge is -2.16. The largest absolute Gasteiger partial charge is 0.382 e. The van der Waals surface area contributed by atoms with Crippen molar-refractivity contribution in [1.29, 1.82) is 0 Å². The minimum atomic E-state index is -3.16. The van der Waals surface area contributed by atoms with E-state index in [4.69, 9.17) is 19.5 Å². The van der Waals surface area contributed by atoms with Gasteiger partial charge in [-0.15, -0.1) is 0 Å². The van der Waals surface area contributed by atoms with Crippen LogP contribution >= 0.6 is 7.60 Å². The Hall–Kier alpha value is -1.47. The van der Waals surface area contributed by atoms with Gasteiger partial charge >= 0.3 is 7.60 Å². The topological polar surface area (TPSA) is 101 Å². The van der Waals surface area contributed by atoms with Crippen LogP contribution in [0.5, 0.6) is 0 Å². The molecule has 2 heterocycles. The summed E-state index contributed by atoms with van der Waals surface area (Å²) < 4.78 is 29.7. The van der Waals surface area contributed by atoms with E-state index in [1.807, 2.05) is 12.1 Å². The Morgan fingerprint density at radius 1 is 1.27 bits per heavy atom. The summed E-state index contributed by atoms with van der Waals surface area (Å²) in [4.78, 5) is 3.93. The van der Waals surface area contributed by atoms with Gasteiger partial charge in [-0.25, -0.2) is 9.50 Å². The molecule has 0 bridgehead atoms. The zero-order valence-electron chi connectivity index (χ0n) is 12.8. The number of nitrogens with two attached hydrogens (primary N) is 1. The van der Waals surface area contributed by atoms with Gasteiger partial charge in [-0.3, -0.25) is 4.57 Å². The van der Waals surface area contributed by atoms with Crippen LogP contribution in [0.3, 0.4) is 0 Å². The van der Waals surface area contributed by atoms with Crippen molar-refractivity contribution in [3.05, 3.63) is 24.2 Å². The van der Waals surface area contributed by atoms with Crippen LogP contribution in [0.4, 0.5) is 5.82 Å². The third-order valence-corrected chi connectivity index (χ3v) is 4.77. The number of nitrogens with zero attached hydrogens (tertiary/aromatic N) is 3.